The van der Waals surface area contributed by atoms with Gasteiger partial charge in [0.05, 0.1) is 6.61 Å². The molecule has 0 saturated carbocycles. The molecule has 3 N–H and O–H groups in total. The summed E-state index contributed by atoms with van der Waals surface area (Å²) in [4.78, 5) is 13.5. The molecular formula is C13H19BrN2O3. The molecular weight excluding hydrogens is 312 g/mol. The van der Waals surface area contributed by atoms with Gasteiger partial charge >= 0.3 is 6.03 Å². The fraction of sp³-hybridized carbons (Fsp3) is 0.462. The number of hydrogen-bond acceptors (Lipinski definition) is 3. The van der Waals surface area contributed by atoms with Gasteiger partial charge in [-0.3, -0.25) is 0 Å². The third-order valence-electron chi connectivity index (χ3n) is 2.67. The highest BCUT2D eigenvalue weighted by Crippen LogP contribution is 2.20. The van der Waals surface area contributed by atoms with E-state index in [1.54, 1.807) is 0 Å². The lowest BCUT2D eigenvalue weighted by molar-refractivity contribution is 0.180. The molecule has 0 aliphatic carbocycles. The zero-order valence-corrected chi connectivity index (χ0v) is 12.5. The second-order valence-corrected chi connectivity index (χ2v) is 5.04. The summed E-state index contributed by atoms with van der Waals surface area (Å²) in [6.07, 6.45) is 0.491. The van der Waals surface area contributed by atoms with Crippen molar-refractivity contribution in [1.29, 1.82) is 0 Å². The minimum Gasteiger partial charge on any atom is -0.396 e. The molecule has 19 heavy (non-hydrogen) atoms. The Bertz CT molecular complexity index is 426. The van der Waals surface area contributed by atoms with Crippen LogP contribution in [0.2, 0.25) is 0 Å². The van der Waals surface area contributed by atoms with Crippen LogP contribution in [0, 0.1) is 6.92 Å². The van der Waals surface area contributed by atoms with E-state index in [-0.39, 0.29) is 25.8 Å². The Kier molecular flexibility index (Phi) is 6.83. The van der Waals surface area contributed by atoms with Crippen LogP contribution in [0.25, 0.3) is 0 Å². The summed E-state index contributed by atoms with van der Waals surface area (Å²) in [5.74, 6) is 0. The molecule has 0 heterocycles. The van der Waals surface area contributed by atoms with Crippen molar-refractivity contribution < 1.29 is 15.0 Å². The van der Waals surface area contributed by atoms with Crippen LogP contribution in [0.4, 0.5) is 10.5 Å². The largest absolute Gasteiger partial charge is 0.396 e. The number of benzene rings is 1. The lowest BCUT2D eigenvalue weighted by Gasteiger charge is -2.22. The maximum Gasteiger partial charge on any atom is 0.321 e. The van der Waals surface area contributed by atoms with Crippen LogP contribution in [0.5, 0.6) is 0 Å². The van der Waals surface area contributed by atoms with Crippen molar-refractivity contribution in [3.8, 4) is 0 Å². The molecule has 0 bridgehead atoms. The van der Waals surface area contributed by atoms with Crippen molar-refractivity contribution in [2.45, 2.75) is 13.3 Å². The number of anilines is 1. The summed E-state index contributed by atoms with van der Waals surface area (Å²) in [5.41, 5.74) is 1.78. The predicted molar refractivity (Wildman–Crippen MR) is 78.3 cm³/mol. The van der Waals surface area contributed by atoms with Crippen LogP contribution in [0.3, 0.4) is 0 Å². The summed E-state index contributed by atoms with van der Waals surface area (Å²) in [5, 5.41) is 20.5. The topological polar surface area (TPSA) is 72.8 Å². The summed E-state index contributed by atoms with van der Waals surface area (Å²) < 4.78 is 0.925. The van der Waals surface area contributed by atoms with Gasteiger partial charge in [-0.05, 0) is 31.0 Å². The number of nitrogens with zero attached hydrogens (tertiary/aromatic N) is 1. The Balaban J connectivity index is 2.66. The lowest BCUT2D eigenvalue weighted by Crippen LogP contribution is -2.38. The third-order valence-corrected chi connectivity index (χ3v) is 3.52. The summed E-state index contributed by atoms with van der Waals surface area (Å²) in [7, 11) is 0. The second-order valence-electron chi connectivity index (χ2n) is 4.18. The van der Waals surface area contributed by atoms with Crippen LogP contribution in [0.1, 0.15) is 12.0 Å². The second kappa shape index (κ2) is 8.14. The van der Waals surface area contributed by atoms with Gasteiger partial charge in [0.15, 0.2) is 0 Å². The van der Waals surface area contributed by atoms with Crippen molar-refractivity contribution in [2.75, 3.05) is 31.6 Å². The van der Waals surface area contributed by atoms with E-state index in [9.17, 15) is 4.79 Å². The molecule has 0 atom stereocenters. The highest BCUT2D eigenvalue weighted by molar-refractivity contribution is 9.10. The number of hydrogen-bond donors (Lipinski definition) is 3. The fourth-order valence-corrected chi connectivity index (χ4v) is 1.95. The van der Waals surface area contributed by atoms with E-state index in [0.717, 1.165) is 10.0 Å². The van der Waals surface area contributed by atoms with Crippen LogP contribution >= 0.6 is 15.9 Å². The quantitative estimate of drug-likeness (QED) is 0.746. The molecule has 0 aromatic heterocycles. The van der Waals surface area contributed by atoms with Crippen molar-refractivity contribution >= 4 is 27.6 Å². The Hall–Kier alpha value is -1.11. The smallest absolute Gasteiger partial charge is 0.321 e. The number of aliphatic hydroxyl groups excluding tert-OH is 2. The predicted octanol–water partition coefficient (Wildman–Crippen LogP) is 1.97. The van der Waals surface area contributed by atoms with Crippen LogP contribution in [0.15, 0.2) is 22.7 Å². The number of rotatable bonds is 6. The van der Waals surface area contributed by atoms with Crippen molar-refractivity contribution in [3.63, 3.8) is 0 Å². The number of aliphatic hydroxyl groups is 2. The van der Waals surface area contributed by atoms with Crippen LogP contribution < -0.4 is 5.32 Å². The van der Waals surface area contributed by atoms with Crippen molar-refractivity contribution in [3.05, 3.63) is 28.2 Å². The Morgan fingerprint density at radius 1 is 1.32 bits per heavy atom. The molecule has 106 valence electrons. The summed E-state index contributed by atoms with van der Waals surface area (Å²) >= 11 is 3.41. The molecule has 0 saturated heterocycles. The van der Waals surface area contributed by atoms with Gasteiger partial charge in [0.2, 0.25) is 0 Å². The van der Waals surface area contributed by atoms with E-state index < -0.39 is 0 Å². The van der Waals surface area contributed by atoms with Gasteiger partial charge in [0.1, 0.15) is 0 Å². The molecule has 1 aromatic carbocycles. The number of aryl methyl sites for hydroxylation is 1. The monoisotopic (exact) mass is 330 g/mol. The Morgan fingerprint density at radius 3 is 2.63 bits per heavy atom. The summed E-state index contributed by atoms with van der Waals surface area (Å²) in [6, 6.07) is 5.28. The SMILES string of the molecule is Cc1ccc(NC(=O)N(CCO)CCCO)cc1Br. The van der Waals surface area contributed by atoms with Gasteiger partial charge in [-0.2, -0.15) is 0 Å². The highest BCUT2D eigenvalue weighted by atomic mass is 79.9. The lowest BCUT2D eigenvalue weighted by atomic mass is 10.2. The minimum atomic E-state index is -0.279. The molecule has 1 rings (SSSR count). The number of amides is 2. The van der Waals surface area contributed by atoms with E-state index in [1.165, 1.54) is 4.90 Å². The van der Waals surface area contributed by atoms with Gasteiger partial charge in [0.25, 0.3) is 0 Å². The molecule has 0 radical (unpaired) electrons. The van der Waals surface area contributed by atoms with E-state index in [4.69, 9.17) is 10.2 Å². The first kappa shape index (κ1) is 15.9. The van der Waals surface area contributed by atoms with Gasteiger partial charge in [-0.1, -0.05) is 22.0 Å². The highest BCUT2D eigenvalue weighted by Gasteiger charge is 2.12. The molecule has 0 aliphatic rings. The average Bonchev–Trinajstić information content (AvgIpc) is 2.38. The normalized spacial score (nSPS) is 10.3. The number of urea groups is 1. The van der Waals surface area contributed by atoms with E-state index >= 15 is 0 Å². The molecule has 2 amide bonds. The van der Waals surface area contributed by atoms with Crippen LogP contribution in [-0.2, 0) is 0 Å². The van der Waals surface area contributed by atoms with Gasteiger partial charge in [0, 0.05) is 29.9 Å². The van der Waals surface area contributed by atoms with E-state index in [2.05, 4.69) is 21.2 Å². The molecule has 0 unspecified atom stereocenters. The first-order chi connectivity index (χ1) is 9.08. The van der Waals surface area contributed by atoms with Crippen molar-refractivity contribution in [2.24, 2.45) is 0 Å². The third kappa shape index (κ3) is 5.18. The summed E-state index contributed by atoms with van der Waals surface area (Å²) in [6.45, 7) is 2.55. The Labute approximate surface area is 121 Å². The zero-order chi connectivity index (χ0) is 14.3. The molecule has 5 nitrogen and oxygen atoms in total. The minimum absolute atomic E-state index is 0.0191. The van der Waals surface area contributed by atoms with Gasteiger partial charge in [-0.15, -0.1) is 0 Å². The van der Waals surface area contributed by atoms with Crippen molar-refractivity contribution in [1.82, 2.24) is 4.90 Å². The number of carbonyl (C=O) groups is 1. The zero-order valence-electron chi connectivity index (χ0n) is 10.9. The molecule has 0 spiro atoms. The molecule has 0 aliphatic heterocycles. The van der Waals surface area contributed by atoms with E-state index in [0.29, 0.717) is 18.7 Å². The number of nitrogens with one attached hydrogen (secondary N) is 1. The fourth-order valence-electron chi connectivity index (χ4n) is 1.57. The average molecular weight is 331 g/mol. The van der Waals surface area contributed by atoms with Gasteiger partial charge in [-0.25, -0.2) is 4.79 Å². The molecule has 0 fully saturated rings. The standard InChI is InChI=1S/C13H19BrN2O3/c1-10-3-4-11(9-12(10)14)15-13(19)16(6-8-18)5-2-7-17/h3-4,9,17-18H,2,5-8H2,1H3,(H,15,19). The first-order valence-corrected chi connectivity index (χ1v) is 6.91. The Morgan fingerprint density at radius 2 is 2.05 bits per heavy atom. The maximum absolute atomic E-state index is 12.0. The molecule has 1 aromatic rings. The van der Waals surface area contributed by atoms with Gasteiger partial charge < -0.3 is 20.4 Å². The number of halogens is 1. The maximum atomic E-state index is 12.0. The first-order valence-electron chi connectivity index (χ1n) is 6.12. The number of carbonyl (C=O) groups excluding carboxylic acids is 1. The van der Waals surface area contributed by atoms with E-state index in [1.807, 2.05) is 25.1 Å². The molecule has 6 heteroatoms. The van der Waals surface area contributed by atoms with Crippen LogP contribution in [-0.4, -0.2) is 47.4 Å².